The van der Waals surface area contributed by atoms with E-state index in [1.165, 1.54) is 42.5 Å². The first-order valence-corrected chi connectivity index (χ1v) is 14.9. The highest BCUT2D eigenvalue weighted by atomic mass is 35.5. The Morgan fingerprint density at radius 1 is 0.838 bits per heavy atom. The fourth-order valence-corrected chi connectivity index (χ4v) is 6.57. The van der Waals surface area contributed by atoms with Gasteiger partial charge in [-0.05, 0) is 82.6 Å². The molecule has 0 aliphatic carbocycles. The zero-order valence-electron chi connectivity index (χ0n) is 21.4. The van der Waals surface area contributed by atoms with Gasteiger partial charge >= 0.3 is 5.97 Å². The van der Waals surface area contributed by atoms with Crippen LogP contribution in [0.4, 0.5) is 5.69 Å². The molecule has 198 valence electrons. The molecule has 0 N–H and O–H groups in total. The van der Waals surface area contributed by atoms with Crippen LogP contribution in [0.15, 0.2) is 76.5 Å². The molecule has 0 saturated carbocycles. The molecule has 0 amide bonds. The Balaban J connectivity index is 2.14. The molecule has 0 saturated heterocycles. The normalized spacial score (nSPS) is 12.3. The van der Waals surface area contributed by atoms with Gasteiger partial charge in [-0.3, -0.25) is 9.10 Å². The average molecular weight is 564 g/mol. The summed E-state index contributed by atoms with van der Waals surface area (Å²) in [5, 5.41) is 0.225. The Bertz CT molecular complexity index is 1490. The van der Waals surface area contributed by atoms with Crippen molar-refractivity contribution in [2.24, 2.45) is 0 Å². The number of ether oxygens (including phenoxy) is 1. The van der Waals surface area contributed by atoms with Gasteiger partial charge in [0.15, 0.2) is 9.84 Å². The highest BCUT2D eigenvalue weighted by Gasteiger charge is 2.32. The SMILES string of the molecule is Cc1ccc(S(=O)(=O)Cc2cc(Cl)ccc2N(CC(=O)OC(C)(C)C)S(=O)(=O)c2ccc(C)cc2)cc1. The van der Waals surface area contributed by atoms with E-state index in [-0.39, 0.29) is 26.1 Å². The zero-order chi connectivity index (χ0) is 27.6. The first-order chi connectivity index (χ1) is 17.1. The average Bonchev–Trinajstić information content (AvgIpc) is 2.77. The minimum Gasteiger partial charge on any atom is -0.459 e. The van der Waals surface area contributed by atoms with Gasteiger partial charge in [0.1, 0.15) is 12.1 Å². The fourth-order valence-electron chi connectivity index (χ4n) is 3.57. The van der Waals surface area contributed by atoms with E-state index >= 15 is 0 Å². The second kappa shape index (κ2) is 10.8. The minimum atomic E-state index is -4.29. The molecular formula is C27H30ClNO6S2. The number of halogens is 1. The molecule has 0 atom stereocenters. The molecule has 7 nitrogen and oxygen atoms in total. The van der Waals surface area contributed by atoms with Crippen LogP contribution >= 0.6 is 11.6 Å². The van der Waals surface area contributed by atoms with E-state index in [2.05, 4.69) is 0 Å². The number of hydrogen-bond acceptors (Lipinski definition) is 6. The Morgan fingerprint density at radius 3 is 1.86 bits per heavy atom. The summed E-state index contributed by atoms with van der Waals surface area (Å²) < 4.78 is 60.4. The molecule has 0 aliphatic rings. The lowest BCUT2D eigenvalue weighted by Crippen LogP contribution is -2.39. The Morgan fingerprint density at radius 2 is 1.35 bits per heavy atom. The molecule has 3 aromatic carbocycles. The van der Waals surface area contributed by atoms with Crippen molar-refractivity contribution in [3.63, 3.8) is 0 Å². The van der Waals surface area contributed by atoms with E-state index in [9.17, 15) is 21.6 Å². The third-order valence-electron chi connectivity index (χ3n) is 5.34. The van der Waals surface area contributed by atoms with Crippen LogP contribution in [-0.4, -0.2) is 35.0 Å². The maximum absolute atomic E-state index is 13.8. The van der Waals surface area contributed by atoms with Gasteiger partial charge in [-0.2, -0.15) is 0 Å². The van der Waals surface area contributed by atoms with Crippen LogP contribution < -0.4 is 4.31 Å². The van der Waals surface area contributed by atoms with Crippen molar-refractivity contribution in [1.82, 2.24) is 0 Å². The highest BCUT2D eigenvalue weighted by Crippen LogP contribution is 2.32. The Labute approximate surface area is 224 Å². The second-order valence-corrected chi connectivity index (χ2v) is 14.0. The number of nitrogens with zero attached hydrogens (tertiary/aromatic N) is 1. The topological polar surface area (TPSA) is 97.8 Å². The van der Waals surface area contributed by atoms with E-state index in [1.54, 1.807) is 45.0 Å². The Hall–Kier alpha value is -2.88. The summed E-state index contributed by atoms with van der Waals surface area (Å²) in [6.45, 7) is 8.02. The molecule has 0 unspecified atom stereocenters. The van der Waals surface area contributed by atoms with Gasteiger partial charge in [0.05, 0.1) is 21.2 Å². The lowest BCUT2D eigenvalue weighted by atomic mass is 10.2. The van der Waals surface area contributed by atoms with Crippen LogP contribution in [0.25, 0.3) is 0 Å². The molecule has 0 heterocycles. The van der Waals surface area contributed by atoms with Gasteiger partial charge in [-0.25, -0.2) is 16.8 Å². The molecule has 0 aromatic heterocycles. The van der Waals surface area contributed by atoms with Crippen molar-refractivity contribution in [2.75, 3.05) is 10.8 Å². The van der Waals surface area contributed by atoms with Gasteiger partial charge in [0.2, 0.25) is 0 Å². The summed E-state index contributed by atoms with van der Waals surface area (Å²) in [7, 11) is -8.16. The maximum atomic E-state index is 13.8. The molecule has 3 aromatic rings. The smallest absolute Gasteiger partial charge is 0.327 e. The first kappa shape index (κ1) is 28.7. The summed E-state index contributed by atoms with van der Waals surface area (Å²) in [5.74, 6) is -1.31. The molecule has 3 rings (SSSR count). The summed E-state index contributed by atoms with van der Waals surface area (Å²) in [6.07, 6.45) is 0. The van der Waals surface area contributed by atoms with Gasteiger partial charge in [-0.15, -0.1) is 0 Å². The van der Waals surface area contributed by atoms with E-state index in [4.69, 9.17) is 16.3 Å². The van der Waals surface area contributed by atoms with Crippen molar-refractivity contribution in [3.05, 3.63) is 88.4 Å². The van der Waals surface area contributed by atoms with Crippen molar-refractivity contribution in [3.8, 4) is 0 Å². The van der Waals surface area contributed by atoms with E-state index in [0.717, 1.165) is 15.4 Å². The molecule has 0 radical (unpaired) electrons. The zero-order valence-corrected chi connectivity index (χ0v) is 23.7. The second-order valence-electron chi connectivity index (χ2n) is 9.76. The van der Waals surface area contributed by atoms with Crippen LogP contribution in [0.2, 0.25) is 5.02 Å². The first-order valence-electron chi connectivity index (χ1n) is 11.5. The Kier molecular flexibility index (Phi) is 8.41. The number of carbonyl (C=O) groups excluding carboxylic acids is 1. The van der Waals surface area contributed by atoms with Gasteiger partial charge in [0, 0.05) is 5.02 Å². The molecular weight excluding hydrogens is 534 g/mol. The van der Waals surface area contributed by atoms with E-state index in [0.29, 0.717) is 0 Å². The number of carbonyl (C=O) groups is 1. The van der Waals surface area contributed by atoms with Crippen LogP contribution in [0.5, 0.6) is 0 Å². The van der Waals surface area contributed by atoms with Gasteiger partial charge < -0.3 is 4.74 Å². The van der Waals surface area contributed by atoms with Crippen LogP contribution in [0, 0.1) is 13.8 Å². The van der Waals surface area contributed by atoms with Gasteiger partial charge in [-0.1, -0.05) is 47.0 Å². The number of hydrogen-bond donors (Lipinski definition) is 0. The fraction of sp³-hybridized carbons (Fsp3) is 0.296. The third kappa shape index (κ3) is 7.34. The number of sulfone groups is 1. The van der Waals surface area contributed by atoms with Crippen molar-refractivity contribution < 1.29 is 26.4 Å². The van der Waals surface area contributed by atoms with E-state index < -0.39 is 43.7 Å². The monoisotopic (exact) mass is 563 g/mol. The molecule has 0 spiro atoms. The number of sulfonamides is 1. The van der Waals surface area contributed by atoms with Crippen molar-refractivity contribution in [1.29, 1.82) is 0 Å². The summed E-state index contributed by atoms with van der Waals surface area (Å²) in [6, 6.07) is 16.8. The van der Waals surface area contributed by atoms with Crippen LogP contribution in [0.3, 0.4) is 0 Å². The van der Waals surface area contributed by atoms with Crippen LogP contribution in [0.1, 0.15) is 37.5 Å². The largest absolute Gasteiger partial charge is 0.459 e. The van der Waals surface area contributed by atoms with Crippen molar-refractivity contribution in [2.45, 2.75) is 55.8 Å². The van der Waals surface area contributed by atoms with E-state index in [1.807, 2.05) is 13.8 Å². The molecule has 37 heavy (non-hydrogen) atoms. The quantitative estimate of drug-likeness (QED) is 0.337. The minimum absolute atomic E-state index is 0.0199. The number of anilines is 1. The van der Waals surface area contributed by atoms with Crippen molar-refractivity contribution >= 4 is 43.1 Å². The summed E-state index contributed by atoms with van der Waals surface area (Å²) in [4.78, 5) is 12.9. The number of rotatable bonds is 8. The predicted octanol–water partition coefficient (Wildman–Crippen LogP) is 5.47. The number of benzene rings is 3. The summed E-state index contributed by atoms with van der Waals surface area (Å²) >= 11 is 6.20. The molecule has 0 aliphatic heterocycles. The standard InChI is InChI=1S/C27H30ClNO6S2/c1-19-6-11-23(12-7-19)36(31,32)18-21-16-22(28)10-15-25(21)29(17-26(30)35-27(3,4)5)37(33,34)24-13-8-20(2)9-14-24/h6-16H,17-18H2,1-5H3. The number of esters is 1. The molecule has 10 heteroatoms. The lowest BCUT2D eigenvalue weighted by Gasteiger charge is -2.28. The maximum Gasteiger partial charge on any atom is 0.327 e. The third-order valence-corrected chi connectivity index (χ3v) is 9.03. The highest BCUT2D eigenvalue weighted by molar-refractivity contribution is 7.93. The van der Waals surface area contributed by atoms with Gasteiger partial charge in [0.25, 0.3) is 10.0 Å². The molecule has 0 fully saturated rings. The molecule has 0 bridgehead atoms. The summed E-state index contributed by atoms with van der Waals surface area (Å²) in [5.41, 5.74) is 1.05. The number of aryl methyl sites for hydroxylation is 2. The lowest BCUT2D eigenvalue weighted by molar-refractivity contribution is -0.152. The predicted molar refractivity (Wildman–Crippen MR) is 145 cm³/mol. The van der Waals surface area contributed by atoms with Crippen LogP contribution in [-0.2, 0) is 35.1 Å².